The quantitative estimate of drug-likeness (QED) is 0.511. The van der Waals surface area contributed by atoms with Crippen molar-refractivity contribution in [1.29, 1.82) is 0 Å². The molecule has 0 spiro atoms. The third kappa shape index (κ3) is 4.94. The monoisotopic (exact) mass is 368 g/mol. The zero-order valence-electron chi connectivity index (χ0n) is 14.1. The number of benzene rings is 2. The van der Waals surface area contributed by atoms with Crippen molar-refractivity contribution >= 4 is 23.1 Å². The van der Waals surface area contributed by atoms with Crippen molar-refractivity contribution in [3.05, 3.63) is 87.4 Å². The van der Waals surface area contributed by atoms with Crippen LogP contribution in [0.15, 0.2) is 70.7 Å². The molecule has 0 saturated carbocycles. The van der Waals surface area contributed by atoms with E-state index >= 15 is 0 Å². The van der Waals surface area contributed by atoms with Gasteiger partial charge in [-0.25, -0.2) is 9.78 Å². The largest absolute Gasteiger partial charge is 0.489 e. The molecule has 0 aliphatic carbocycles. The Morgan fingerprint density at radius 2 is 1.88 bits per heavy atom. The third-order valence-electron chi connectivity index (χ3n) is 3.61. The first-order valence-electron chi connectivity index (χ1n) is 7.93. The van der Waals surface area contributed by atoms with Gasteiger partial charge in [0.25, 0.3) is 0 Å². The minimum Gasteiger partial charge on any atom is -0.489 e. The van der Waals surface area contributed by atoms with E-state index in [1.165, 1.54) is 6.20 Å². The highest BCUT2D eigenvalue weighted by atomic mass is 35.5. The van der Waals surface area contributed by atoms with Crippen molar-refractivity contribution < 1.29 is 4.74 Å². The number of aromatic amines is 1. The lowest BCUT2D eigenvalue weighted by molar-refractivity contribution is 0.306. The van der Waals surface area contributed by atoms with Crippen LogP contribution in [0.2, 0.25) is 5.02 Å². The Kier molecular flexibility index (Phi) is 5.66. The van der Waals surface area contributed by atoms with E-state index in [0.29, 0.717) is 17.4 Å². The molecule has 0 radical (unpaired) electrons. The number of ether oxygens (including phenoxy) is 1. The molecule has 0 unspecified atom stereocenters. The minimum atomic E-state index is -0.426. The molecule has 0 saturated heterocycles. The van der Waals surface area contributed by atoms with E-state index in [4.69, 9.17) is 16.3 Å². The van der Waals surface area contributed by atoms with E-state index in [0.717, 1.165) is 22.6 Å². The number of halogens is 1. The van der Waals surface area contributed by atoms with Crippen molar-refractivity contribution in [2.75, 3.05) is 5.43 Å². The van der Waals surface area contributed by atoms with Crippen LogP contribution in [-0.2, 0) is 6.61 Å². The molecule has 26 heavy (non-hydrogen) atoms. The van der Waals surface area contributed by atoms with Crippen LogP contribution >= 0.6 is 11.6 Å². The molecule has 1 heterocycles. The average molecular weight is 369 g/mol. The molecule has 3 aromatic rings. The van der Waals surface area contributed by atoms with E-state index in [2.05, 4.69) is 20.5 Å². The van der Waals surface area contributed by atoms with Gasteiger partial charge in [0.2, 0.25) is 0 Å². The summed E-state index contributed by atoms with van der Waals surface area (Å²) in [6.45, 7) is 2.34. The topological polar surface area (TPSA) is 79.4 Å². The summed E-state index contributed by atoms with van der Waals surface area (Å²) in [7, 11) is 0. The Balaban J connectivity index is 1.60. The van der Waals surface area contributed by atoms with Crippen LogP contribution < -0.4 is 15.9 Å². The number of anilines is 1. The van der Waals surface area contributed by atoms with Gasteiger partial charge in [0.15, 0.2) is 0 Å². The molecule has 0 aliphatic rings. The van der Waals surface area contributed by atoms with Crippen LogP contribution in [0.25, 0.3) is 0 Å². The fourth-order valence-corrected chi connectivity index (χ4v) is 2.31. The molecule has 0 amide bonds. The molecule has 132 valence electrons. The molecule has 3 rings (SSSR count). The predicted molar refractivity (Wildman–Crippen MR) is 103 cm³/mol. The van der Waals surface area contributed by atoms with Crippen LogP contribution in [0.3, 0.4) is 0 Å². The van der Waals surface area contributed by atoms with E-state index < -0.39 is 5.69 Å². The lowest BCUT2D eigenvalue weighted by Crippen LogP contribution is -2.11. The number of H-pyrrole nitrogens is 1. The van der Waals surface area contributed by atoms with Crippen molar-refractivity contribution in [3.63, 3.8) is 0 Å². The van der Waals surface area contributed by atoms with Gasteiger partial charge in [-0.2, -0.15) is 5.10 Å². The molecule has 7 heteroatoms. The van der Waals surface area contributed by atoms with Gasteiger partial charge < -0.3 is 4.74 Å². The standard InChI is InChI=1S/C19H17ClN4O2/c1-13(23-24-18-10-11-21-19(25)22-18)15-4-8-17(9-5-15)26-12-14-2-6-16(20)7-3-14/h2-11H,12H2,1H3,(H2,21,22,24,25)/b23-13+. The van der Waals surface area contributed by atoms with Gasteiger partial charge in [0, 0.05) is 11.2 Å². The summed E-state index contributed by atoms with van der Waals surface area (Å²) in [6, 6.07) is 16.8. The Labute approximate surface area is 155 Å². The van der Waals surface area contributed by atoms with Gasteiger partial charge in [-0.3, -0.25) is 10.4 Å². The summed E-state index contributed by atoms with van der Waals surface area (Å²) in [4.78, 5) is 17.3. The van der Waals surface area contributed by atoms with Gasteiger partial charge in [-0.1, -0.05) is 23.7 Å². The minimum absolute atomic E-state index is 0.426. The number of hydrogen-bond donors (Lipinski definition) is 2. The zero-order chi connectivity index (χ0) is 18.4. The summed E-state index contributed by atoms with van der Waals surface area (Å²) in [5.74, 6) is 1.25. The van der Waals surface area contributed by atoms with Crippen molar-refractivity contribution in [3.8, 4) is 5.75 Å². The van der Waals surface area contributed by atoms with Crippen molar-refractivity contribution in [1.82, 2.24) is 9.97 Å². The second-order valence-electron chi connectivity index (χ2n) is 5.54. The van der Waals surface area contributed by atoms with E-state index in [1.807, 2.05) is 55.5 Å². The van der Waals surface area contributed by atoms with Crippen molar-refractivity contribution in [2.45, 2.75) is 13.5 Å². The van der Waals surface area contributed by atoms with Gasteiger partial charge >= 0.3 is 5.69 Å². The van der Waals surface area contributed by atoms with E-state index in [9.17, 15) is 4.79 Å². The summed E-state index contributed by atoms with van der Waals surface area (Å²) in [5.41, 5.74) is 5.13. The third-order valence-corrected chi connectivity index (χ3v) is 3.86. The molecule has 0 fully saturated rings. The first-order chi connectivity index (χ1) is 12.6. The van der Waals surface area contributed by atoms with Gasteiger partial charge in [-0.15, -0.1) is 0 Å². The maximum absolute atomic E-state index is 11.1. The number of hydrazone groups is 1. The lowest BCUT2D eigenvalue weighted by atomic mass is 10.1. The van der Waals surface area contributed by atoms with Crippen molar-refractivity contribution in [2.24, 2.45) is 5.10 Å². The number of nitrogens with one attached hydrogen (secondary N) is 2. The highest BCUT2D eigenvalue weighted by molar-refractivity contribution is 6.30. The number of rotatable bonds is 6. The molecule has 6 nitrogen and oxygen atoms in total. The second kappa shape index (κ2) is 8.31. The summed E-state index contributed by atoms with van der Waals surface area (Å²) < 4.78 is 5.76. The maximum atomic E-state index is 11.1. The predicted octanol–water partition coefficient (Wildman–Crippen LogP) is 3.84. The van der Waals surface area contributed by atoms with Gasteiger partial charge in [-0.05, 0) is 60.5 Å². The molecular formula is C19H17ClN4O2. The number of aromatic nitrogens is 2. The van der Waals surface area contributed by atoms with E-state index in [1.54, 1.807) is 6.07 Å². The average Bonchev–Trinajstić information content (AvgIpc) is 2.66. The number of hydrogen-bond acceptors (Lipinski definition) is 5. The van der Waals surface area contributed by atoms with Gasteiger partial charge in [0.05, 0.1) is 5.71 Å². The fraction of sp³-hybridized carbons (Fsp3) is 0.105. The second-order valence-corrected chi connectivity index (χ2v) is 5.97. The smallest absolute Gasteiger partial charge is 0.346 e. The highest BCUT2D eigenvalue weighted by Gasteiger charge is 2.01. The SMILES string of the molecule is C/C(=N\Nc1ccnc(=O)[nH]1)c1ccc(OCc2ccc(Cl)cc2)cc1. The van der Waals surface area contributed by atoms with E-state index in [-0.39, 0.29) is 0 Å². The highest BCUT2D eigenvalue weighted by Crippen LogP contribution is 2.16. The zero-order valence-corrected chi connectivity index (χ0v) is 14.8. The normalized spacial score (nSPS) is 11.2. The summed E-state index contributed by atoms with van der Waals surface area (Å²) >= 11 is 5.87. The molecule has 2 aromatic carbocycles. The molecule has 0 atom stereocenters. The molecule has 2 N–H and O–H groups in total. The Morgan fingerprint density at radius 1 is 1.15 bits per heavy atom. The van der Waals surface area contributed by atoms with Gasteiger partial charge in [0.1, 0.15) is 18.2 Å². The summed E-state index contributed by atoms with van der Waals surface area (Å²) in [6.07, 6.45) is 1.42. The number of nitrogens with zero attached hydrogens (tertiary/aromatic N) is 2. The van der Waals surface area contributed by atoms with Crippen LogP contribution in [0.5, 0.6) is 5.75 Å². The fourth-order valence-electron chi connectivity index (χ4n) is 2.18. The molecular weight excluding hydrogens is 352 g/mol. The summed E-state index contributed by atoms with van der Waals surface area (Å²) in [5, 5.41) is 4.96. The molecule has 0 aliphatic heterocycles. The van der Waals surface area contributed by atoms with Crippen LogP contribution in [0.4, 0.5) is 5.82 Å². The first kappa shape index (κ1) is 17.7. The lowest BCUT2D eigenvalue weighted by Gasteiger charge is -2.08. The van der Waals surface area contributed by atoms with Crippen LogP contribution in [0, 0.1) is 0 Å². The Hall–Kier alpha value is -3.12. The Bertz CT molecular complexity index is 950. The molecule has 1 aromatic heterocycles. The van der Waals surface area contributed by atoms with Crippen LogP contribution in [0.1, 0.15) is 18.1 Å². The van der Waals surface area contributed by atoms with Crippen LogP contribution in [-0.4, -0.2) is 15.7 Å². The Morgan fingerprint density at radius 3 is 2.58 bits per heavy atom. The molecule has 0 bridgehead atoms. The maximum Gasteiger partial charge on any atom is 0.346 e. The first-order valence-corrected chi connectivity index (χ1v) is 8.31.